The average Bonchev–Trinajstić information content (AvgIpc) is 3.59. The van der Waals surface area contributed by atoms with Gasteiger partial charge in [-0.05, 0) is 49.4 Å². The van der Waals surface area contributed by atoms with Gasteiger partial charge in [0.1, 0.15) is 11.5 Å². The van der Waals surface area contributed by atoms with Gasteiger partial charge in [-0.1, -0.05) is 6.07 Å². The van der Waals surface area contributed by atoms with Gasteiger partial charge in [0.05, 0.1) is 47.5 Å². The van der Waals surface area contributed by atoms with Crippen molar-refractivity contribution < 1.29 is 14.3 Å². The van der Waals surface area contributed by atoms with Gasteiger partial charge in [0, 0.05) is 25.2 Å². The molecule has 0 N–H and O–H groups in total. The Morgan fingerprint density at radius 2 is 2.03 bits per heavy atom. The summed E-state index contributed by atoms with van der Waals surface area (Å²) in [5.41, 5.74) is 3.96. The van der Waals surface area contributed by atoms with Crippen LogP contribution in [0, 0.1) is 6.92 Å². The number of ether oxygens (including phenoxy) is 2. The maximum atomic E-state index is 14.0. The van der Waals surface area contributed by atoms with Crippen LogP contribution < -0.4 is 9.47 Å². The van der Waals surface area contributed by atoms with Crippen LogP contribution in [0.1, 0.15) is 40.5 Å². The zero-order valence-electron chi connectivity index (χ0n) is 19.2. The Morgan fingerprint density at radius 1 is 1.18 bits per heavy atom. The van der Waals surface area contributed by atoms with Crippen LogP contribution in [0.15, 0.2) is 41.8 Å². The molecule has 1 aromatic carbocycles. The number of hydrogen-bond acceptors (Lipinski definition) is 6. The van der Waals surface area contributed by atoms with Gasteiger partial charge >= 0.3 is 0 Å². The van der Waals surface area contributed by atoms with Crippen molar-refractivity contribution in [3.63, 3.8) is 0 Å². The fourth-order valence-corrected chi connectivity index (χ4v) is 5.43. The van der Waals surface area contributed by atoms with Crippen molar-refractivity contribution in [2.45, 2.75) is 25.8 Å². The molecule has 8 heteroatoms. The lowest BCUT2D eigenvalue weighted by molar-refractivity contribution is 0.0736. The van der Waals surface area contributed by atoms with E-state index in [9.17, 15) is 4.79 Å². The second-order valence-corrected chi connectivity index (χ2v) is 9.15. The Labute approximate surface area is 196 Å². The van der Waals surface area contributed by atoms with Crippen molar-refractivity contribution in [1.29, 1.82) is 0 Å². The maximum Gasteiger partial charge on any atom is 0.255 e. The van der Waals surface area contributed by atoms with Crippen LogP contribution in [0.2, 0.25) is 0 Å². The maximum absolute atomic E-state index is 14.0. The molecule has 1 atom stereocenters. The average molecular weight is 463 g/mol. The van der Waals surface area contributed by atoms with E-state index in [-0.39, 0.29) is 11.9 Å². The number of hydrogen-bond donors (Lipinski definition) is 0. The first-order valence-electron chi connectivity index (χ1n) is 10.9. The minimum atomic E-state index is -0.0660. The van der Waals surface area contributed by atoms with Gasteiger partial charge in [0.2, 0.25) is 0 Å². The van der Waals surface area contributed by atoms with E-state index in [4.69, 9.17) is 14.5 Å². The normalized spacial score (nSPS) is 15.9. The number of nitrogens with zero attached hydrogens (tertiary/aromatic N) is 4. The molecule has 1 aliphatic rings. The zero-order valence-corrected chi connectivity index (χ0v) is 20.0. The minimum Gasteiger partial charge on any atom is -0.497 e. The molecule has 0 bridgehead atoms. The van der Waals surface area contributed by atoms with Gasteiger partial charge in [-0.2, -0.15) is 5.10 Å². The first-order chi connectivity index (χ1) is 16.0. The van der Waals surface area contributed by atoms with E-state index in [2.05, 4.69) is 5.10 Å². The number of benzene rings is 1. The van der Waals surface area contributed by atoms with E-state index in [1.807, 2.05) is 60.6 Å². The molecule has 1 amide bonds. The highest BCUT2D eigenvalue weighted by Gasteiger charge is 2.34. The molecule has 0 aliphatic carbocycles. The lowest BCUT2D eigenvalue weighted by atomic mass is 10.0. The summed E-state index contributed by atoms with van der Waals surface area (Å²) in [6.07, 6.45) is 1.82. The van der Waals surface area contributed by atoms with Gasteiger partial charge in [-0.3, -0.25) is 9.48 Å². The zero-order chi connectivity index (χ0) is 23.1. The van der Waals surface area contributed by atoms with Gasteiger partial charge in [0.15, 0.2) is 5.65 Å². The molecule has 0 radical (unpaired) electrons. The Hall–Kier alpha value is -3.39. The van der Waals surface area contributed by atoms with E-state index in [1.165, 1.54) is 0 Å². The lowest BCUT2D eigenvalue weighted by Crippen LogP contribution is -2.31. The molecule has 0 spiro atoms. The van der Waals surface area contributed by atoms with Crippen LogP contribution in [0.3, 0.4) is 0 Å². The van der Waals surface area contributed by atoms with Crippen molar-refractivity contribution in [1.82, 2.24) is 19.7 Å². The number of rotatable bonds is 5. The number of carbonyl (C=O) groups is 1. The standard InChI is InChI=1S/C25H26N4O3S/c1-15-23-18(14-19(22-8-6-12-33-22)26-24(23)28(2)27-15)25(30)29-11-5-7-20(29)17-10-9-16(31-3)13-21(17)32-4/h6,8-10,12-14,20H,5,7,11H2,1-4H3/t20-/m1/s1. The Kier molecular flexibility index (Phi) is 5.54. The van der Waals surface area contributed by atoms with Crippen molar-refractivity contribution >= 4 is 28.3 Å². The van der Waals surface area contributed by atoms with Crippen LogP contribution in [0.4, 0.5) is 0 Å². The second kappa shape index (κ2) is 8.51. The highest BCUT2D eigenvalue weighted by molar-refractivity contribution is 7.13. The van der Waals surface area contributed by atoms with Crippen molar-refractivity contribution in [2.75, 3.05) is 20.8 Å². The molecule has 4 aromatic rings. The molecule has 0 saturated carbocycles. The summed E-state index contributed by atoms with van der Waals surface area (Å²) in [7, 11) is 5.16. The van der Waals surface area contributed by atoms with Gasteiger partial charge in [0.25, 0.3) is 5.91 Å². The number of fused-ring (bicyclic) bond motifs is 1. The number of thiophene rings is 1. The molecule has 5 rings (SSSR count). The van der Waals surface area contributed by atoms with Gasteiger partial charge < -0.3 is 14.4 Å². The number of carbonyl (C=O) groups excluding carboxylic acids is 1. The molecule has 1 aliphatic heterocycles. The number of likely N-dealkylation sites (tertiary alicyclic amines) is 1. The fourth-order valence-electron chi connectivity index (χ4n) is 4.75. The Bertz CT molecular complexity index is 1330. The molecule has 3 aromatic heterocycles. The summed E-state index contributed by atoms with van der Waals surface area (Å²) in [5, 5.41) is 7.39. The Balaban J connectivity index is 1.61. The molecule has 33 heavy (non-hydrogen) atoms. The monoisotopic (exact) mass is 462 g/mol. The highest BCUT2D eigenvalue weighted by atomic mass is 32.1. The predicted octanol–water partition coefficient (Wildman–Crippen LogP) is 5.00. The van der Waals surface area contributed by atoms with E-state index < -0.39 is 0 Å². The summed E-state index contributed by atoms with van der Waals surface area (Å²) in [6, 6.07) is 11.7. The summed E-state index contributed by atoms with van der Waals surface area (Å²) in [6.45, 7) is 2.62. The lowest BCUT2D eigenvalue weighted by Gasteiger charge is -2.27. The fraction of sp³-hybridized carbons (Fsp3) is 0.320. The molecular weight excluding hydrogens is 436 g/mol. The van der Waals surface area contributed by atoms with Crippen molar-refractivity contribution in [2.24, 2.45) is 7.05 Å². The van der Waals surface area contributed by atoms with Gasteiger partial charge in [-0.15, -0.1) is 11.3 Å². The SMILES string of the molecule is COc1ccc([C@H]2CCCN2C(=O)c2cc(-c3cccs3)nc3c2c(C)nn3C)c(OC)c1. The predicted molar refractivity (Wildman–Crippen MR) is 129 cm³/mol. The number of aryl methyl sites for hydroxylation is 2. The molecule has 1 saturated heterocycles. The molecule has 0 unspecified atom stereocenters. The van der Waals surface area contributed by atoms with Crippen LogP contribution >= 0.6 is 11.3 Å². The van der Waals surface area contributed by atoms with Crippen LogP contribution in [0.5, 0.6) is 11.5 Å². The summed E-state index contributed by atoms with van der Waals surface area (Å²) >= 11 is 1.61. The van der Waals surface area contributed by atoms with Crippen molar-refractivity contribution in [3.05, 3.63) is 58.6 Å². The summed E-state index contributed by atoms with van der Waals surface area (Å²) < 4.78 is 12.8. The molecule has 170 valence electrons. The number of aromatic nitrogens is 3. The quantitative estimate of drug-likeness (QED) is 0.417. The minimum absolute atomic E-state index is 0.00308. The van der Waals surface area contributed by atoms with Crippen LogP contribution in [0.25, 0.3) is 21.6 Å². The smallest absolute Gasteiger partial charge is 0.255 e. The molecular formula is C25H26N4O3S. The van der Waals surface area contributed by atoms with E-state index in [0.717, 1.165) is 57.2 Å². The third-order valence-electron chi connectivity index (χ3n) is 6.29. The second-order valence-electron chi connectivity index (χ2n) is 8.20. The topological polar surface area (TPSA) is 69.5 Å². The van der Waals surface area contributed by atoms with Crippen LogP contribution in [-0.4, -0.2) is 46.3 Å². The highest BCUT2D eigenvalue weighted by Crippen LogP contribution is 2.40. The molecule has 1 fully saturated rings. The molecule has 4 heterocycles. The number of methoxy groups -OCH3 is 2. The Morgan fingerprint density at radius 3 is 2.76 bits per heavy atom. The van der Waals surface area contributed by atoms with Crippen molar-refractivity contribution in [3.8, 4) is 22.1 Å². The number of pyridine rings is 1. The van der Waals surface area contributed by atoms with E-state index >= 15 is 0 Å². The third kappa shape index (κ3) is 3.64. The number of amides is 1. The summed E-state index contributed by atoms with van der Waals surface area (Å²) in [5.74, 6) is 1.46. The summed E-state index contributed by atoms with van der Waals surface area (Å²) in [4.78, 5) is 21.9. The first-order valence-corrected chi connectivity index (χ1v) is 11.8. The largest absolute Gasteiger partial charge is 0.497 e. The third-order valence-corrected chi connectivity index (χ3v) is 7.18. The first kappa shape index (κ1) is 21.5. The van der Waals surface area contributed by atoms with Gasteiger partial charge in [-0.25, -0.2) is 4.98 Å². The van der Waals surface area contributed by atoms with Crippen LogP contribution in [-0.2, 0) is 7.05 Å². The molecule has 7 nitrogen and oxygen atoms in total. The van der Waals surface area contributed by atoms with E-state index in [0.29, 0.717) is 12.1 Å². The van der Waals surface area contributed by atoms with E-state index in [1.54, 1.807) is 30.2 Å².